The van der Waals surface area contributed by atoms with Crippen LogP contribution in [0.3, 0.4) is 0 Å². The molecule has 1 atom stereocenters. The van der Waals surface area contributed by atoms with Crippen molar-refractivity contribution in [3.8, 4) is 0 Å². The molecule has 0 saturated carbocycles. The summed E-state index contributed by atoms with van der Waals surface area (Å²) in [6.45, 7) is 0.801. The molecular formula is C11H12BrNO2. The normalized spacial score (nSPS) is 19.5. The van der Waals surface area contributed by atoms with E-state index in [1.54, 1.807) is 0 Å². The highest BCUT2D eigenvalue weighted by Crippen LogP contribution is 2.29. The number of halogens is 1. The fourth-order valence-electron chi connectivity index (χ4n) is 1.89. The second-order valence-electron chi connectivity index (χ2n) is 3.47. The van der Waals surface area contributed by atoms with E-state index in [2.05, 4.69) is 21.2 Å². The second kappa shape index (κ2) is 4.33. The molecule has 0 spiro atoms. The molecule has 1 aromatic rings. The minimum absolute atomic E-state index is 0.228. The highest BCUT2D eigenvalue weighted by molar-refractivity contribution is 9.10. The van der Waals surface area contributed by atoms with E-state index in [1.165, 1.54) is 12.7 Å². The molecule has 1 aliphatic rings. The molecule has 0 fully saturated rings. The lowest BCUT2D eigenvalue weighted by molar-refractivity contribution is -0.143. The van der Waals surface area contributed by atoms with Crippen LogP contribution < -0.4 is 5.32 Å². The summed E-state index contributed by atoms with van der Waals surface area (Å²) in [6.07, 6.45) is 0.935. The Hall–Kier alpha value is -0.870. The van der Waals surface area contributed by atoms with Crippen molar-refractivity contribution >= 4 is 21.9 Å². The van der Waals surface area contributed by atoms with Gasteiger partial charge in [-0.1, -0.05) is 28.1 Å². The Balaban J connectivity index is 2.42. The largest absolute Gasteiger partial charge is 0.468 e. The van der Waals surface area contributed by atoms with Gasteiger partial charge >= 0.3 is 5.97 Å². The maximum atomic E-state index is 11.5. The van der Waals surface area contributed by atoms with Gasteiger partial charge in [-0.3, -0.25) is 0 Å². The van der Waals surface area contributed by atoms with Crippen molar-refractivity contribution in [1.82, 2.24) is 5.32 Å². The Morgan fingerprint density at radius 2 is 2.40 bits per heavy atom. The van der Waals surface area contributed by atoms with E-state index in [1.807, 2.05) is 18.2 Å². The van der Waals surface area contributed by atoms with Gasteiger partial charge in [0.2, 0.25) is 0 Å². The third kappa shape index (κ3) is 1.92. The minimum Gasteiger partial charge on any atom is -0.468 e. The lowest BCUT2D eigenvalue weighted by atomic mass is 9.94. The van der Waals surface area contributed by atoms with Crippen molar-refractivity contribution in [3.63, 3.8) is 0 Å². The monoisotopic (exact) mass is 269 g/mol. The molecule has 80 valence electrons. The summed E-state index contributed by atoms with van der Waals surface area (Å²) in [6, 6.07) is 5.58. The SMILES string of the molecule is COC(=O)[C@@H]1NCCc2c(Br)cccc21. The van der Waals surface area contributed by atoms with Crippen LogP contribution in [-0.4, -0.2) is 19.6 Å². The Morgan fingerprint density at radius 3 is 3.13 bits per heavy atom. The summed E-state index contributed by atoms with van der Waals surface area (Å²) in [5.41, 5.74) is 2.22. The molecule has 0 saturated heterocycles. The van der Waals surface area contributed by atoms with Crippen LogP contribution in [0.1, 0.15) is 17.2 Å². The summed E-state index contributed by atoms with van der Waals surface area (Å²) >= 11 is 3.50. The summed E-state index contributed by atoms with van der Waals surface area (Å²) in [5.74, 6) is -0.228. The van der Waals surface area contributed by atoms with E-state index in [0.717, 1.165) is 23.0 Å². The number of methoxy groups -OCH3 is 1. The van der Waals surface area contributed by atoms with Crippen molar-refractivity contribution in [1.29, 1.82) is 0 Å². The first-order chi connectivity index (χ1) is 7.24. The number of hydrogen-bond acceptors (Lipinski definition) is 3. The number of nitrogens with one attached hydrogen (secondary N) is 1. The number of ether oxygens (including phenoxy) is 1. The highest BCUT2D eigenvalue weighted by atomic mass is 79.9. The first kappa shape index (κ1) is 10.6. The van der Waals surface area contributed by atoms with Gasteiger partial charge in [0.15, 0.2) is 0 Å². The van der Waals surface area contributed by atoms with Crippen LogP contribution in [0.4, 0.5) is 0 Å². The lowest BCUT2D eigenvalue weighted by Gasteiger charge is -2.25. The van der Waals surface area contributed by atoms with Gasteiger partial charge in [-0.15, -0.1) is 0 Å². The first-order valence-corrected chi connectivity index (χ1v) is 5.62. The fourth-order valence-corrected chi connectivity index (χ4v) is 2.47. The van der Waals surface area contributed by atoms with Crippen LogP contribution in [0.2, 0.25) is 0 Å². The van der Waals surface area contributed by atoms with Gasteiger partial charge in [-0.25, -0.2) is 4.79 Å². The average molecular weight is 270 g/mol. The molecule has 0 aromatic heterocycles. The van der Waals surface area contributed by atoms with Crippen LogP contribution >= 0.6 is 15.9 Å². The molecule has 15 heavy (non-hydrogen) atoms. The Morgan fingerprint density at radius 1 is 1.60 bits per heavy atom. The fraction of sp³-hybridized carbons (Fsp3) is 0.364. The molecule has 2 rings (SSSR count). The first-order valence-electron chi connectivity index (χ1n) is 4.82. The molecule has 1 heterocycles. The van der Waals surface area contributed by atoms with Crippen molar-refractivity contribution in [2.24, 2.45) is 0 Å². The molecule has 1 aromatic carbocycles. The van der Waals surface area contributed by atoms with Crippen LogP contribution in [0, 0.1) is 0 Å². The number of fused-ring (bicyclic) bond motifs is 1. The van der Waals surface area contributed by atoms with Gasteiger partial charge in [0.05, 0.1) is 7.11 Å². The van der Waals surface area contributed by atoms with Gasteiger partial charge < -0.3 is 10.1 Å². The maximum absolute atomic E-state index is 11.5. The molecule has 3 nitrogen and oxygen atoms in total. The Labute approximate surface area is 96.9 Å². The van der Waals surface area contributed by atoms with Gasteiger partial charge in [-0.05, 0) is 23.6 Å². The number of esters is 1. The zero-order chi connectivity index (χ0) is 10.8. The standard InChI is InChI=1S/C11H12BrNO2/c1-15-11(14)10-8-3-2-4-9(12)7(8)5-6-13-10/h2-4,10,13H,5-6H2,1H3/t10-/m1/s1. The van der Waals surface area contributed by atoms with E-state index in [9.17, 15) is 4.79 Å². The predicted molar refractivity (Wildman–Crippen MR) is 60.6 cm³/mol. The maximum Gasteiger partial charge on any atom is 0.327 e. The van der Waals surface area contributed by atoms with Crippen LogP contribution in [0.5, 0.6) is 0 Å². The summed E-state index contributed by atoms with van der Waals surface area (Å²) in [7, 11) is 1.41. The zero-order valence-electron chi connectivity index (χ0n) is 8.42. The van der Waals surface area contributed by atoms with Gasteiger partial charge in [0.1, 0.15) is 6.04 Å². The van der Waals surface area contributed by atoms with E-state index < -0.39 is 0 Å². The zero-order valence-corrected chi connectivity index (χ0v) is 10.0. The van der Waals surface area contributed by atoms with Crippen molar-refractivity contribution in [3.05, 3.63) is 33.8 Å². The van der Waals surface area contributed by atoms with E-state index >= 15 is 0 Å². The van der Waals surface area contributed by atoms with Gasteiger partial charge in [0.25, 0.3) is 0 Å². The molecular weight excluding hydrogens is 258 g/mol. The quantitative estimate of drug-likeness (QED) is 0.791. The number of rotatable bonds is 1. The van der Waals surface area contributed by atoms with Gasteiger partial charge in [0, 0.05) is 11.0 Å². The highest BCUT2D eigenvalue weighted by Gasteiger charge is 2.27. The summed E-state index contributed by atoms with van der Waals surface area (Å²) in [4.78, 5) is 11.5. The van der Waals surface area contributed by atoms with Gasteiger partial charge in [-0.2, -0.15) is 0 Å². The third-order valence-electron chi connectivity index (χ3n) is 2.63. The lowest BCUT2D eigenvalue weighted by Crippen LogP contribution is -2.35. The Kier molecular flexibility index (Phi) is 3.07. The predicted octanol–water partition coefficient (Wildman–Crippen LogP) is 1.81. The Bertz CT molecular complexity index is 392. The molecule has 4 heteroatoms. The van der Waals surface area contributed by atoms with Crippen molar-refractivity contribution < 1.29 is 9.53 Å². The number of carbonyl (C=O) groups excluding carboxylic acids is 1. The topological polar surface area (TPSA) is 38.3 Å². The van der Waals surface area contributed by atoms with Crippen LogP contribution in [0.15, 0.2) is 22.7 Å². The smallest absolute Gasteiger partial charge is 0.327 e. The number of carbonyl (C=O) groups is 1. The number of hydrogen-bond donors (Lipinski definition) is 1. The van der Waals surface area contributed by atoms with Crippen molar-refractivity contribution in [2.75, 3.05) is 13.7 Å². The van der Waals surface area contributed by atoms with Crippen LogP contribution in [-0.2, 0) is 16.0 Å². The second-order valence-corrected chi connectivity index (χ2v) is 4.32. The summed E-state index contributed by atoms with van der Waals surface area (Å²) < 4.78 is 5.83. The molecule has 0 aliphatic carbocycles. The molecule has 1 aliphatic heterocycles. The molecule has 0 unspecified atom stereocenters. The van der Waals surface area contributed by atoms with E-state index in [4.69, 9.17) is 4.74 Å². The van der Waals surface area contributed by atoms with E-state index in [-0.39, 0.29) is 12.0 Å². The minimum atomic E-state index is -0.323. The van der Waals surface area contributed by atoms with E-state index in [0.29, 0.717) is 0 Å². The summed E-state index contributed by atoms with van der Waals surface area (Å²) in [5, 5.41) is 3.16. The molecule has 0 amide bonds. The van der Waals surface area contributed by atoms with Crippen LogP contribution in [0.25, 0.3) is 0 Å². The molecule has 1 N–H and O–H groups in total. The third-order valence-corrected chi connectivity index (χ3v) is 3.37. The molecule has 0 bridgehead atoms. The van der Waals surface area contributed by atoms with Crippen molar-refractivity contribution in [2.45, 2.75) is 12.5 Å². The molecule has 0 radical (unpaired) electrons. The number of benzene rings is 1. The average Bonchev–Trinajstić information content (AvgIpc) is 2.28.